The first-order valence-corrected chi connectivity index (χ1v) is 5.43. The zero-order valence-corrected chi connectivity index (χ0v) is 10.0. The van der Waals surface area contributed by atoms with E-state index in [4.69, 9.17) is 16.0 Å². The van der Waals surface area contributed by atoms with Gasteiger partial charge < -0.3 is 9.73 Å². The van der Waals surface area contributed by atoms with Gasteiger partial charge in [0.1, 0.15) is 5.69 Å². The molecular formula is C12H13ClN2O. The summed E-state index contributed by atoms with van der Waals surface area (Å²) in [4.78, 5) is 4.18. The highest BCUT2D eigenvalue weighted by molar-refractivity contribution is 6.30. The van der Waals surface area contributed by atoms with E-state index in [1.54, 1.807) is 0 Å². The molecular weight excluding hydrogens is 224 g/mol. The Balaban J connectivity index is 2.46. The van der Waals surface area contributed by atoms with Crippen LogP contribution in [0.5, 0.6) is 0 Å². The van der Waals surface area contributed by atoms with E-state index in [0.717, 1.165) is 27.6 Å². The normalized spacial score (nSPS) is 10.7. The fourth-order valence-electron chi connectivity index (χ4n) is 1.66. The van der Waals surface area contributed by atoms with Crippen LogP contribution in [-0.4, -0.2) is 12.0 Å². The monoisotopic (exact) mass is 236 g/mol. The molecule has 0 spiro atoms. The Bertz CT molecular complexity index is 494. The molecule has 0 saturated heterocycles. The van der Waals surface area contributed by atoms with Gasteiger partial charge in [-0.1, -0.05) is 11.6 Å². The molecule has 0 amide bonds. The van der Waals surface area contributed by atoms with Crippen molar-refractivity contribution in [2.75, 3.05) is 7.05 Å². The highest BCUT2D eigenvalue weighted by atomic mass is 35.5. The van der Waals surface area contributed by atoms with Crippen LogP contribution in [0.2, 0.25) is 5.02 Å². The number of benzene rings is 1. The number of hydrogen-bond donors (Lipinski definition) is 1. The molecule has 0 aliphatic carbocycles. The lowest BCUT2D eigenvalue weighted by atomic mass is 10.1. The van der Waals surface area contributed by atoms with Crippen LogP contribution >= 0.6 is 11.6 Å². The third-order valence-electron chi connectivity index (χ3n) is 2.42. The average Bonchev–Trinajstić information content (AvgIpc) is 2.67. The van der Waals surface area contributed by atoms with Gasteiger partial charge in [-0.2, -0.15) is 0 Å². The minimum absolute atomic E-state index is 0.688. The molecule has 0 unspecified atom stereocenters. The van der Waals surface area contributed by atoms with Crippen LogP contribution < -0.4 is 5.32 Å². The first-order chi connectivity index (χ1) is 7.72. The molecule has 3 nitrogen and oxygen atoms in total. The summed E-state index contributed by atoms with van der Waals surface area (Å²) >= 11 is 5.92. The van der Waals surface area contributed by atoms with Crippen molar-refractivity contribution in [3.63, 3.8) is 0 Å². The minimum Gasteiger partial charge on any atom is -0.443 e. The maximum absolute atomic E-state index is 5.92. The minimum atomic E-state index is 0.688. The van der Waals surface area contributed by atoms with Crippen LogP contribution in [0.15, 0.2) is 29.0 Å². The van der Waals surface area contributed by atoms with Crippen molar-refractivity contribution >= 4 is 11.6 Å². The lowest BCUT2D eigenvalue weighted by Gasteiger charge is -2.05. The molecule has 0 aliphatic heterocycles. The molecule has 16 heavy (non-hydrogen) atoms. The van der Waals surface area contributed by atoms with Gasteiger partial charge in [-0.15, -0.1) is 0 Å². The van der Waals surface area contributed by atoms with Crippen LogP contribution in [0.25, 0.3) is 11.3 Å². The van der Waals surface area contributed by atoms with Gasteiger partial charge in [0.15, 0.2) is 12.2 Å². The van der Waals surface area contributed by atoms with Crippen LogP contribution in [0.1, 0.15) is 11.3 Å². The Morgan fingerprint density at radius 2 is 2.25 bits per heavy atom. The highest BCUT2D eigenvalue weighted by Gasteiger charge is 2.12. The summed E-state index contributed by atoms with van der Waals surface area (Å²) in [5, 5.41) is 3.79. The smallest absolute Gasteiger partial charge is 0.181 e. The summed E-state index contributed by atoms with van der Waals surface area (Å²) in [6, 6.07) is 5.73. The summed E-state index contributed by atoms with van der Waals surface area (Å²) in [5.74, 6) is 0.809. The van der Waals surface area contributed by atoms with E-state index in [1.165, 1.54) is 6.39 Å². The maximum Gasteiger partial charge on any atom is 0.181 e. The molecule has 0 aliphatic rings. The van der Waals surface area contributed by atoms with Crippen LogP contribution in [0.3, 0.4) is 0 Å². The van der Waals surface area contributed by atoms with Gasteiger partial charge >= 0.3 is 0 Å². The Morgan fingerprint density at radius 3 is 2.94 bits per heavy atom. The first-order valence-electron chi connectivity index (χ1n) is 5.06. The number of hydrogen-bond acceptors (Lipinski definition) is 3. The van der Waals surface area contributed by atoms with E-state index in [2.05, 4.69) is 10.3 Å². The summed E-state index contributed by atoms with van der Waals surface area (Å²) < 4.78 is 5.43. The van der Waals surface area contributed by atoms with Crippen LogP contribution in [0.4, 0.5) is 0 Å². The first kappa shape index (κ1) is 11.2. The number of aryl methyl sites for hydroxylation is 1. The molecule has 0 fully saturated rings. The van der Waals surface area contributed by atoms with E-state index < -0.39 is 0 Å². The summed E-state index contributed by atoms with van der Waals surface area (Å²) in [5.41, 5.74) is 3.03. The highest BCUT2D eigenvalue weighted by Crippen LogP contribution is 2.28. The zero-order valence-electron chi connectivity index (χ0n) is 9.25. The number of nitrogens with zero attached hydrogens (tertiary/aromatic N) is 1. The van der Waals surface area contributed by atoms with Gasteiger partial charge in [0, 0.05) is 17.1 Å². The molecule has 0 saturated carbocycles. The summed E-state index contributed by atoms with van der Waals surface area (Å²) in [6.45, 7) is 2.70. The maximum atomic E-state index is 5.92. The Labute approximate surface area is 99.5 Å². The van der Waals surface area contributed by atoms with Gasteiger partial charge in [0.2, 0.25) is 0 Å². The summed E-state index contributed by atoms with van der Waals surface area (Å²) in [6.07, 6.45) is 1.47. The second-order valence-corrected chi connectivity index (χ2v) is 4.05. The predicted molar refractivity (Wildman–Crippen MR) is 64.4 cm³/mol. The van der Waals surface area contributed by atoms with E-state index >= 15 is 0 Å². The fraction of sp³-hybridized carbons (Fsp3) is 0.250. The zero-order chi connectivity index (χ0) is 11.5. The molecule has 2 aromatic rings. The molecule has 0 radical (unpaired) electrons. The van der Waals surface area contributed by atoms with Gasteiger partial charge in [-0.3, -0.25) is 0 Å². The van der Waals surface area contributed by atoms with Gasteiger partial charge in [-0.05, 0) is 37.7 Å². The fourth-order valence-corrected chi connectivity index (χ4v) is 1.89. The van der Waals surface area contributed by atoms with Gasteiger partial charge in [0.05, 0.1) is 0 Å². The average molecular weight is 237 g/mol. The van der Waals surface area contributed by atoms with Crippen molar-refractivity contribution in [1.29, 1.82) is 0 Å². The molecule has 1 aromatic heterocycles. The lowest BCUT2D eigenvalue weighted by Crippen LogP contribution is -2.06. The standard InChI is InChI=1S/C12H13ClN2O/c1-8-5-9(13)3-4-10(8)12-11(6-14-2)15-7-16-12/h3-5,7,14H,6H2,1-2H3. The summed E-state index contributed by atoms with van der Waals surface area (Å²) in [7, 11) is 1.88. The Kier molecular flexibility index (Phi) is 3.27. The van der Waals surface area contributed by atoms with E-state index in [-0.39, 0.29) is 0 Å². The Hall–Kier alpha value is -1.32. The number of nitrogens with one attached hydrogen (secondary N) is 1. The van der Waals surface area contributed by atoms with Crippen molar-refractivity contribution in [1.82, 2.24) is 10.3 Å². The second-order valence-electron chi connectivity index (χ2n) is 3.62. The lowest BCUT2D eigenvalue weighted by molar-refractivity contribution is 0.570. The molecule has 1 heterocycles. The molecule has 1 aromatic carbocycles. The number of halogens is 1. The number of rotatable bonds is 3. The third kappa shape index (κ3) is 2.10. The van der Waals surface area contributed by atoms with Crippen molar-refractivity contribution in [2.24, 2.45) is 0 Å². The van der Waals surface area contributed by atoms with Crippen LogP contribution in [0, 0.1) is 6.92 Å². The molecule has 1 N–H and O–H groups in total. The van der Waals surface area contributed by atoms with Crippen molar-refractivity contribution < 1.29 is 4.42 Å². The van der Waals surface area contributed by atoms with E-state index in [1.807, 2.05) is 32.2 Å². The van der Waals surface area contributed by atoms with Crippen LogP contribution in [-0.2, 0) is 6.54 Å². The molecule has 0 atom stereocenters. The number of oxazole rings is 1. The predicted octanol–water partition coefficient (Wildman–Crippen LogP) is 3.02. The molecule has 0 bridgehead atoms. The molecule has 2 rings (SSSR count). The van der Waals surface area contributed by atoms with E-state index in [9.17, 15) is 0 Å². The topological polar surface area (TPSA) is 38.1 Å². The van der Waals surface area contributed by atoms with Gasteiger partial charge in [0.25, 0.3) is 0 Å². The molecule has 4 heteroatoms. The van der Waals surface area contributed by atoms with Gasteiger partial charge in [-0.25, -0.2) is 4.98 Å². The quantitative estimate of drug-likeness (QED) is 0.890. The second kappa shape index (κ2) is 4.68. The van der Waals surface area contributed by atoms with E-state index in [0.29, 0.717) is 6.54 Å². The van der Waals surface area contributed by atoms with Crippen molar-refractivity contribution in [3.8, 4) is 11.3 Å². The van der Waals surface area contributed by atoms with Crippen molar-refractivity contribution in [2.45, 2.75) is 13.5 Å². The SMILES string of the molecule is CNCc1ncoc1-c1ccc(Cl)cc1C. The molecule has 84 valence electrons. The largest absolute Gasteiger partial charge is 0.443 e. The van der Waals surface area contributed by atoms with Crippen molar-refractivity contribution in [3.05, 3.63) is 40.9 Å². The third-order valence-corrected chi connectivity index (χ3v) is 2.65. The number of aromatic nitrogens is 1. The Morgan fingerprint density at radius 1 is 1.44 bits per heavy atom.